The Kier molecular flexibility index (Phi) is 6.77. The molecule has 2 aromatic carbocycles. The Hall–Kier alpha value is -2.99. The summed E-state index contributed by atoms with van der Waals surface area (Å²) in [7, 11) is 0. The maximum atomic E-state index is 12.7. The van der Waals surface area contributed by atoms with Crippen LogP contribution in [0.1, 0.15) is 35.5 Å². The maximum Gasteiger partial charge on any atom is 0.257 e. The SMILES string of the molecule is CCOc1ccc(C(=O)Nc2cc(C)n(Cc3ccc(Cl)cc3)n2)cc1OCC. The number of aryl methyl sites for hydroxylation is 1. The monoisotopic (exact) mass is 413 g/mol. The number of anilines is 1. The lowest BCUT2D eigenvalue weighted by atomic mass is 10.2. The van der Waals surface area contributed by atoms with Crippen molar-refractivity contribution >= 4 is 23.3 Å². The Balaban J connectivity index is 1.73. The van der Waals surface area contributed by atoms with Crippen LogP contribution in [0.25, 0.3) is 0 Å². The maximum absolute atomic E-state index is 12.7. The van der Waals surface area contributed by atoms with E-state index in [2.05, 4.69) is 10.4 Å². The minimum absolute atomic E-state index is 0.259. The summed E-state index contributed by atoms with van der Waals surface area (Å²) < 4.78 is 13.0. The molecule has 0 saturated carbocycles. The molecule has 0 aliphatic rings. The average molecular weight is 414 g/mol. The van der Waals surface area contributed by atoms with Crippen LogP contribution in [-0.4, -0.2) is 28.9 Å². The summed E-state index contributed by atoms with van der Waals surface area (Å²) in [4.78, 5) is 12.7. The minimum Gasteiger partial charge on any atom is -0.490 e. The number of hydrogen-bond donors (Lipinski definition) is 1. The van der Waals surface area contributed by atoms with E-state index in [-0.39, 0.29) is 5.91 Å². The number of amides is 1. The van der Waals surface area contributed by atoms with Crippen LogP contribution in [0.4, 0.5) is 5.82 Å². The standard InChI is InChI=1S/C22H24ClN3O3/c1-4-28-19-11-8-17(13-20(19)29-5-2)22(27)24-21-12-15(3)26(25-21)14-16-6-9-18(23)10-7-16/h6-13H,4-5,14H2,1-3H3,(H,24,25,27). The van der Waals surface area contributed by atoms with Gasteiger partial charge >= 0.3 is 0 Å². The number of carbonyl (C=O) groups is 1. The third-order valence-electron chi connectivity index (χ3n) is 4.27. The van der Waals surface area contributed by atoms with Crippen LogP contribution in [0.3, 0.4) is 0 Å². The Morgan fingerprint density at radius 3 is 2.41 bits per heavy atom. The molecule has 7 heteroatoms. The van der Waals surface area contributed by atoms with E-state index in [9.17, 15) is 4.79 Å². The molecule has 1 heterocycles. The third-order valence-corrected chi connectivity index (χ3v) is 4.53. The van der Waals surface area contributed by atoms with Gasteiger partial charge in [-0.05, 0) is 56.7 Å². The number of hydrogen-bond acceptors (Lipinski definition) is 4. The molecular weight excluding hydrogens is 390 g/mol. The third kappa shape index (κ3) is 5.29. The lowest BCUT2D eigenvalue weighted by Crippen LogP contribution is -2.13. The molecule has 1 N–H and O–H groups in total. The molecule has 0 atom stereocenters. The number of ether oxygens (including phenoxy) is 2. The molecule has 0 spiro atoms. The number of nitrogens with one attached hydrogen (secondary N) is 1. The summed E-state index contributed by atoms with van der Waals surface area (Å²) in [5.74, 6) is 1.40. The summed E-state index contributed by atoms with van der Waals surface area (Å²) in [6, 6.07) is 14.6. The van der Waals surface area contributed by atoms with Gasteiger partial charge in [-0.2, -0.15) is 5.10 Å². The van der Waals surface area contributed by atoms with E-state index in [1.807, 2.05) is 55.8 Å². The number of carbonyl (C=O) groups excluding carboxylic acids is 1. The normalized spacial score (nSPS) is 10.6. The van der Waals surface area contributed by atoms with E-state index in [4.69, 9.17) is 21.1 Å². The van der Waals surface area contributed by atoms with E-state index in [0.717, 1.165) is 11.3 Å². The quantitative estimate of drug-likeness (QED) is 0.567. The Morgan fingerprint density at radius 1 is 1.03 bits per heavy atom. The van der Waals surface area contributed by atoms with E-state index < -0.39 is 0 Å². The van der Waals surface area contributed by atoms with Gasteiger partial charge in [0.1, 0.15) is 0 Å². The molecule has 0 saturated heterocycles. The first-order chi connectivity index (χ1) is 14.0. The molecule has 3 rings (SSSR count). The number of halogens is 1. The number of benzene rings is 2. The second kappa shape index (κ2) is 9.47. The van der Waals surface area contributed by atoms with Gasteiger partial charge < -0.3 is 14.8 Å². The zero-order valence-corrected chi connectivity index (χ0v) is 17.5. The largest absolute Gasteiger partial charge is 0.490 e. The van der Waals surface area contributed by atoms with Gasteiger partial charge in [0.15, 0.2) is 17.3 Å². The number of rotatable bonds is 8. The van der Waals surface area contributed by atoms with Gasteiger partial charge in [0, 0.05) is 22.3 Å². The molecule has 0 fully saturated rings. The predicted molar refractivity (Wildman–Crippen MR) is 114 cm³/mol. The summed E-state index contributed by atoms with van der Waals surface area (Å²) in [6.45, 7) is 7.34. The van der Waals surface area contributed by atoms with Crippen LogP contribution in [0.5, 0.6) is 11.5 Å². The van der Waals surface area contributed by atoms with Crippen molar-refractivity contribution in [3.05, 3.63) is 70.4 Å². The van der Waals surface area contributed by atoms with Crippen molar-refractivity contribution in [3.63, 3.8) is 0 Å². The van der Waals surface area contributed by atoms with Gasteiger partial charge in [0.2, 0.25) is 0 Å². The molecule has 29 heavy (non-hydrogen) atoms. The molecule has 0 bridgehead atoms. The Labute approximate surface area is 175 Å². The molecule has 1 aromatic heterocycles. The van der Waals surface area contributed by atoms with Gasteiger partial charge in [0.25, 0.3) is 5.91 Å². The van der Waals surface area contributed by atoms with Gasteiger partial charge in [-0.25, -0.2) is 0 Å². The first-order valence-electron chi connectivity index (χ1n) is 9.50. The van der Waals surface area contributed by atoms with E-state index >= 15 is 0 Å². The molecular formula is C22H24ClN3O3. The molecule has 3 aromatic rings. The minimum atomic E-state index is -0.259. The van der Waals surface area contributed by atoms with Crippen molar-refractivity contribution in [1.29, 1.82) is 0 Å². The smallest absolute Gasteiger partial charge is 0.257 e. The van der Waals surface area contributed by atoms with E-state index in [0.29, 0.717) is 47.7 Å². The first-order valence-corrected chi connectivity index (χ1v) is 9.87. The second-order valence-corrected chi connectivity index (χ2v) is 6.87. The fourth-order valence-corrected chi connectivity index (χ4v) is 3.00. The van der Waals surface area contributed by atoms with Gasteiger partial charge in [-0.15, -0.1) is 0 Å². The lowest BCUT2D eigenvalue weighted by molar-refractivity contribution is 0.102. The fourth-order valence-electron chi connectivity index (χ4n) is 2.87. The second-order valence-electron chi connectivity index (χ2n) is 6.44. The highest BCUT2D eigenvalue weighted by molar-refractivity contribution is 6.30. The Morgan fingerprint density at radius 2 is 1.72 bits per heavy atom. The first kappa shape index (κ1) is 20.7. The van der Waals surface area contributed by atoms with Crippen LogP contribution >= 0.6 is 11.6 Å². The van der Waals surface area contributed by atoms with Crippen molar-refractivity contribution in [3.8, 4) is 11.5 Å². The highest BCUT2D eigenvalue weighted by Gasteiger charge is 2.14. The van der Waals surface area contributed by atoms with E-state index in [1.165, 1.54) is 0 Å². The van der Waals surface area contributed by atoms with Crippen LogP contribution < -0.4 is 14.8 Å². The molecule has 0 aliphatic heterocycles. The zero-order valence-electron chi connectivity index (χ0n) is 16.7. The fraction of sp³-hybridized carbons (Fsp3) is 0.273. The molecule has 0 radical (unpaired) electrons. The molecule has 1 amide bonds. The van der Waals surface area contributed by atoms with Crippen LogP contribution in [0.2, 0.25) is 5.02 Å². The molecule has 0 aliphatic carbocycles. The molecule has 0 unspecified atom stereocenters. The van der Waals surface area contributed by atoms with Crippen molar-refractivity contribution in [2.24, 2.45) is 0 Å². The average Bonchev–Trinajstić information content (AvgIpc) is 3.04. The summed E-state index contributed by atoms with van der Waals surface area (Å²) >= 11 is 5.94. The van der Waals surface area contributed by atoms with Crippen molar-refractivity contribution in [2.75, 3.05) is 18.5 Å². The highest BCUT2D eigenvalue weighted by atomic mass is 35.5. The summed E-state index contributed by atoms with van der Waals surface area (Å²) in [5.41, 5.74) is 2.49. The highest BCUT2D eigenvalue weighted by Crippen LogP contribution is 2.29. The van der Waals surface area contributed by atoms with Crippen LogP contribution in [-0.2, 0) is 6.54 Å². The summed E-state index contributed by atoms with van der Waals surface area (Å²) in [6.07, 6.45) is 0. The van der Waals surface area contributed by atoms with Gasteiger partial charge in [0.05, 0.1) is 19.8 Å². The topological polar surface area (TPSA) is 65.4 Å². The molecule has 6 nitrogen and oxygen atoms in total. The Bertz CT molecular complexity index is 983. The lowest BCUT2D eigenvalue weighted by Gasteiger charge is -2.12. The van der Waals surface area contributed by atoms with Crippen molar-refractivity contribution < 1.29 is 14.3 Å². The van der Waals surface area contributed by atoms with Crippen LogP contribution in [0.15, 0.2) is 48.5 Å². The van der Waals surface area contributed by atoms with E-state index in [1.54, 1.807) is 18.2 Å². The van der Waals surface area contributed by atoms with Gasteiger partial charge in [-0.3, -0.25) is 9.48 Å². The molecule has 152 valence electrons. The van der Waals surface area contributed by atoms with Crippen molar-refractivity contribution in [2.45, 2.75) is 27.3 Å². The van der Waals surface area contributed by atoms with Gasteiger partial charge in [-0.1, -0.05) is 23.7 Å². The zero-order chi connectivity index (χ0) is 20.8. The van der Waals surface area contributed by atoms with Crippen LogP contribution in [0, 0.1) is 6.92 Å². The predicted octanol–water partition coefficient (Wildman–Crippen LogP) is 4.94. The number of nitrogens with zero attached hydrogens (tertiary/aromatic N) is 2. The summed E-state index contributed by atoms with van der Waals surface area (Å²) in [5, 5.41) is 8.04. The number of aromatic nitrogens is 2. The van der Waals surface area contributed by atoms with Crippen molar-refractivity contribution in [1.82, 2.24) is 9.78 Å².